The molecule has 0 aliphatic carbocycles. The van der Waals surface area contributed by atoms with Crippen molar-refractivity contribution in [1.29, 1.82) is 0 Å². The zero-order valence-electron chi connectivity index (χ0n) is 15.7. The number of halogens is 3. The summed E-state index contributed by atoms with van der Waals surface area (Å²) in [5.41, 5.74) is -0.458. The van der Waals surface area contributed by atoms with Crippen molar-refractivity contribution in [2.75, 3.05) is 6.54 Å². The number of benzene rings is 2. The maximum Gasteiger partial charge on any atom is 0.299 e. The predicted octanol–water partition coefficient (Wildman–Crippen LogP) is 5.96. The number of sulfonamides is 1. The lowest BCUT2D eigenvalue weighted by atomic mass is 9.84. The summed E-state index contributed by atoms with van der Waals surface area (Å²) >= 11 is 2.62. The lowest BCUT2D eigenvalue weighted by molar-refractivity contribution is 0.0831. The van der Waals surface area contributed by atoms with Gasteiger partial charge in [-0.1, -0.05) is 84.6 Å². The molecule has 2 rings (SSSR count). The third-order valence-corrected chi connectivity index (χ3v) is 8.97. The van der Waals surface area contributed by atoms with E-state index in [4.69, 9.17) is 0 Å². The standard InChI is InChI=1S/C20H24F2INO2S2/c1-19(2,13-14-24-28(25,26)17-11-7-4-8-12-17)18(23)15-20(21,22)27-16-9-5-3-6-10-16/h3-12,18,24H,13-15H2,1-2H3. The minimum absolute atomic E-state index is 0.196. The number of rotatable bonds is 10. The molecule has 0 heterocycles. The van der Waals surface area contributed by atoms with Gasteiger partial charge in [0, 0.05) is 21.8 Å². The Morgan fingerprint density at radius 2 is 1.57 bits per heavy atom. The highest BCUT2D eigenvalue weighted by Crippen LogP contribution is 2.45. The van der Waals surface area contributed by atoms with Crippen LogP contribution in [0.1, 0.15) is 26.7 Å². The fraction of sp³-hybridized carbons (Fsp3) is 0.400. The molecule has 28 heavy (non-hydrogen) atoms. The zero-order valence-corrected chi connectivity index (χ0v) is 19.5. The molecule has 1 unspecified atom stereocenters. The molecule has 2 aromatic carbocycles. The van der Waals surface area contributed by atoms with Crippen molar-refractivity contribution in [2.45, 2.75) is 45.7 Å². The first kappa shape index (κ1) is 23.6. The van der Waals surface area contributed by atoms with Crippen LogP contribution in [0.3, 0.4) is 0 Å². The molecule has 0 spiro atoms. The van der Waals surface area contributed by atoms with Gasteiger partial charge in [0.25, 0.3) is 5.25 Å². The van der Waals surface area contributed by atoms with E-state index in [9.17, 15) is 17.2 Å². The van der Waals surface area contributed by atoms with Crippen molar-refractivity contribution < 1.29 is 17.2 Å². The average molecular weight is 539 g/mol. The van der Waals surface area contributed by atoms with E-state index >= 15 is 0 Å². The van der Waals surface area contributed by atoms with E-state index in [2.05, 4.69) is 27.3 Å². The maximum atomic E-state index is 14.5. The molecule has 0 amide bonds. The molecule has 2 aromatic rings. The highest BCUT2D eigenvalue weighted by molar-refractivity contribution is 14.1. The van der Waals surface area contributed by atoms with Crippen molar-refractivity contribution in [1.82, 2.24) is 4.72 Å². The number of hydrogen-bond donors (Lipinski definition) is 1. The van der Waals surface area contributed by atoms with Gasteiger partial charge in [-0.3, -0.25) is 0 Å². The van der Waals surface area contributed by atoms with Crippen LogP contribution in [0.5, 0.6) is 0 Å². The molecule has 0 saturated heterocycles. The molecule has 0 radical (unpaired) electrons. The molecule has 0 aromatic heterocycles. The van der Waals surface area contributed by atoms with E-state index in [1.165, 1.54) is 12.1 Å². The highest BCUT2D eigenvalue weighted by atomic mass is 127. The van der Waals surface area contributed by atoms with Crippen LogP contribution < -0.4 is 4.72 Å². The Hall–Kier alpha value is -0.710. The van der Waals surface area contributed by atoms with E-state index in [-0.39, 0.29) is 21.8 Å². The summed E-state index contributed by atoms with van der Waals surface area (Å²) < 4.78 is 55.7. The van der Waals surface area contributed by atoms with E-state index in [1.807, 2.05) is 13.8 Å². The van der Waals surface area contributed by atoms with Gasteiger partial charge in [-0.25, -0.2) is 13.1 Å². The van der Waals surface area contributed by atoms with Crippen LogP contribution in [-0.2, 0) is 10.0 Å². The van der Waals surface area contributed by atoms with E-state index in [0.717, 1.165) is 0 Å². The van der Waals surface area contributed by atoms with Crippen molar-refractivity contribution in [3.8, 4) is 0 Å². The van der Waals surface area contributed by atoms with Gasteiger partial charge < -0.3 is 0 Å². The quantitative estimate of drug-likeness (QED) is 0.230. The second-order valence-electron chi connectivity index (χ2n) is 7.17. The predicted molar refractivity (Wildman–Crippen MR) is 120 cm³/mol. The highest BCUT2D eigenvalue weighted by Gasteiger charge is 2.39. The van der Waals surface area contributed by atoms with Crippen LogP contribution in [-0.4, -0.2) is 24.1 Å². The SMILES string of the molecule is CC(C)(CCNS(=O)(=O)c1ccccc1)C(I)CC(F)(F)Sc1ccccc1. The van der Waals surface area contributed by atoms with Crippen molar-refractivity contribution in [2.24, 2.45) is 5.41 Å². The largest absolute Gasteiger partial charge is 0.299 e. The minimum atomic E-state index is -3.59. The van der Waals surface area contributed by atoms with Crippen LogP contribution in [0, 0.1) is 5.41 Å². The Balaban J connectivity index is 1.90. The Morgan fingerprint density at radius 3 is 2.14 bits per heavy atom. The second-order valence-corrected chi connectivity index (χ2v) is 11.7. The Bertz CT molecular complexity index is 847. The van der Waals surface area contributed by atoms with Crippen molar-refractivity contribution >= 4 is 44.4 Å². The summed E-state index contributed by atoms with van der Waals surface area (Å²) in [7, 11) is -3.59. The average Bonchev–Trinajstić information content (AvgIpc) is 2.62. The van der Waals surface area contributed by atoms with Gasteiger partial charge in [0.1, 0.15) is 0 Å². The summed E-state index contributed by atoms with van der Waals surface area (Å²) in [6, 6.07) is 16.7. The Labute approximate surface area is 183 Å². The fourth-order valence-corrected chi connectivity index (χ4v) is 5.64. The summed E-state index contributed by atoms with van der Waals surface area (Å²) in [5.74, 6) is 0. The lowest BCUT2D eigenvalue weighted by Gasteiger charge is -2.32. The van der Waals surface area contributed by atoms with Crippen molar-refractivity contribution in [3.05, 3.63) is 60.7 Å². The van der Waals surface area contributed by atoms with Gasteiger partial charge >= 0.3 is 0 Å². The number of hydrogen-bond acceptors (Lipinski definition) is 3. The smallest absolute Gasteiger partial charge is 0.211 e. The second kappa shape index (κ2) is 9.86. The molecular formula is C20H24F2INO2S2. The molecule has 0 aliphatic heterocycles. The maximum absolute atomic E-state index is 14.5. The molecule has 1 atom stereocenters. The third kappa shape index (κ3) is 7.27. The molecule has 1 N–H and O–H groups in total. The summed E-state index contributed by atoms with van der Waals surface area (Å²) in [6.07, 6.45) is 0.171. The molecule has 8 heteroatoms. The number of nitrogens with one attached hydrogen (secondary N) is 1. The summed E-state index contributed by atoms with van der Waals surface area (Å²) in [6.45, 7) is 3.98. The summed E-state index contributed by atoms with van der Waals surface area (Å²) in [4.78, 5) is 0.731. The first-order valence-corrected chi connectivity index (χ1v) is 12.4. The van der Waals surface area contributed by atoms with E-state index in [0.29, 0.717) is 23.1 Å². The number of alkyl halides is 3. The molecule has 0 fully saturated rings. The molecule has 0 aliphatic rings. The van der Waals surface area contributed by atoms with Crippen LogP contribution in [0.2, 0.25) is 0 Å². The van der Waals surface area contributed by atoms with Gasteiger partial charge in [0.2, 0.25) is 10.0 Å². The topological polar surface area (TPSA) is 46.2 Å². The monoisotopic (exact) mass is 539 g/mol. The molecule has 3 nitrogen and oxygen atoms in total. The molecule has 0 saturated carbocycles. The van der Waals surface area contributed by atoms with Crippen LogP contribution in [0.4, 0.5) is 8.78 Å². The van der Waals surface area contributed by atoms with Gasteiger partial charge in [0.05, 0.1) is 4.90 Å². The van der Waals surface area contributed by atoms with E-state index < -0.39 is 20.7 Å². The molecular weight excluding hydrogens is 515 g/mol. The molecule has 0 bridgehead atoms. The number of thioether (sulfide) groups is 1. The summed E-state index contributed by atoms with van der Waals surface area (Å²) in [5, 5.41) is -2.89. The van der Waals surface area contributed by atoms with Gasteiger partial charge in [-0.2, -0.15) is 8.78 Å². The Morgan fingerprint density at radius 1 is 1.04 bits per heavy atom. The first-order chi connectivity index (χ1) is 13.0. The zero-order chi connectivity index (χ0) is 20.8. The van der Waals surface area contributed by atoms with Crippen molar-refractivity contribution in [3.63, 3.8) is 0 Å². The van der Waals surface area contributed by atoms with Gasteiger partial charge in [-0.05, 0) is 36.1 Å². The van der Waals surface area contributed by atoms with E-state index in [1.54, 1.807) is 48.5 Å². The van der Waals surface area contributed by atoms with Gasteiger partial charge in [-0.15, -0.1) is 0 Å². The van der Waals surface area contributed by atoms with Crippen LogP contribution in [0.25, 0.3) is 0 Å². The minimum Gasteiger partial charge on any atom is -0.211 e. The first-order valence-electron chi connectivity index (χ1n) is 8.82. The van der Waals surface area contributed by atoms with Crippen LogP contribution in [0.15, 0.2) is 70.5 Å². The Kier molecular flexibility index (Phi) is 8.30. The van der Waals surface area contributed by atoms with Gasteiger partial charge in [0.15, 0.2) is 0 Å². The lowest BCUT2D eigenvalue weighted by Crippen LogP contribution is -2.34. The fourth-order valence-electron chi connectivity index (χ4n) is 2.53. The molecule has 154 valence electrons. The third-order valence-electron chi connectivity index (χ3n) is 4.39. The van der Waals surface area contributed by atoms with Crippen LogP contribution >= 0.6 is 34.4 Å². The normalized spacial score (nSPS) is 14.0.